The Morgan fingerprint density at radius 2 is 2.50 bits per heavy atom. The number of hydrogen-bond donors (Lipinski definition) is 1. The standard InChI is InChI=1S/C7H9N/c1-2-3-7-4-5-8-6-7/h2-6,8H,1H3. The molecule has 42 valence electrons. The molecular weight excluding hydrogens is 98.1 g/mol. The number of rotatable bonds is 1. The van der Waals surface area contributed by atoms with Crippen LogP contribution in [-0.4, -0.2) is 4.98 Å². The van der Waals surface area contributed by atoms with E-state index in [1.54, 1.807) is 0 Å². The first-order valence-electron chi connectivity index (χ1n) is 2.69. The van der Waals surface area contributed by atoms with Gasteiger partial charge in [-0.1, -0.05) is 12.2 Å². The van der Waals surface area contributed by atoms with E-state index in [0.29, 0.717) is 0 Å². The molecule has 0 aliphatic rings. The van der Waals surface area contributed by atoms with Gasteiger partial charge in [-0.05, 0) is 18.6 Å². The van der Waals surface area contributed by atoms with Crippen LogP contribution in [0.3, 0.4) is 0 Å². The number of aromatic nitrogens is 1. The molecule has 0 saturated heterocycles. The fraction of sp³-hybridized carbons (Fsp3) is 0.143. The van der Waals surface area contributed by atoms with Gasteiger partial charge in [0.25, 0.3) is 0 Å². The van der Waals surface area contributed by atoms with Crippen LogP contribution in [0.2, 0.25) is 0 Å². The summed E-state index contributed by atoms with van der Waals surface area (Å²) in [6.07, 6.45) is 7.94. The lowest BCUT2D eigenvalue weighted by molar-refractivity contribution is 1.41. The topological polar surface area (TPSA) is 15.8 Å². The minimum atomic E-state index is 1.23. The van der Waals surface area contributed by atoms with Gasteiger partial charge in [0.1, 0.15) is 0 Å². The van der Waals surface area contributed by atoms with E-state index >= 15 is 0 Å². The Labute approximate surface area is 49.0 Å². The quantitative estimate of drug-likeness (QED) is 0.565. The number of nitrogens with one attached hydrogen (secondary N) is 1. The molecule has 0 radical (unpaired) electrons. The van der Waals surface area contributed by atoms with Crippen LogP contribution < -0.4 is 0 Å². The van der Waals surface area contributed by atoms with Crippen molar-refractivity contribution in [3.63, 3.8) is 0 Å². The summed E-state index contributed by atoms with van der Waals surface area (Å²) in [6, 6.07) is 2.03. The highest BCUT2D eigenvalue weighted by molar-refractivity contribution is 5.46. The molecule has 1 aromatic rings. The highest BCUT2D eigenvalue weighted by atomic mass is 14.6. The Morgan fingerprint density at radius 3 is 3.00 bits per heavy atom. The van der Waals surface area contributed by atoms with E-state index in [0.717, 1.165) is 0 Å². The van der Waals surface area contributed by atoms with Gasteiger partial charge in [-0.15, -0.1) is 0 Å². The molecule has 1 heteroatoms. The van der Waals surface area contributed by atoms with E-state index < -0.39 is 0 Å². The summed E-state index contributed by atoms with van der Waals surface area (Å²) in [5, 5.41) is 0. The van der Waals surface area contributed by atoms with Crippen molar-refractivity contribution < 1.29 is 0 Å². The second-order valence-electron chi connectivity index (χ2n) is 1.64. The van der Waals surface area contributed by atoms with E-state index in [1.807, 2.05) is 31.5 Å². The van der Waals surface area contributed by atoms with E-state index in [-0.39, 0.29) is 0 Å². The van der Waals surface area contributed by atoms with E-state index in [4.69, 9.17) is 0 Å². The minimum Gasteiger partial charge on any atom is -0.367 e. The van der Waals surface area contributed by atoms with Crippen molar-refractivity contribution >= 4 is 6.08 Å². The maximum atomic E-state index is 2.96. The molecule has 0 amide bonds. The molecule has 1 N–H and O–H groups in total. The molecular formula is C7H9N. The Kier molecular flexibility index (Phi) is 1.52. The van der Waals surface area contributed by atoms with Gasteiger partial charge in [-0.2, -0.15) is 0 Å². The largest absolute Gasteiger partial charge is 0.367 e. The molecule has 0 fully saturated rings. The SMILES string of the molecule is CC=Cc1cc[nH]c1. The molecule has 0 aliphatic heterocycles. The maximum absolute atomic E-state index is 2.96. The van der Waals surface area contributed by atoms with Crippen molar-refractivity contribution in [3.05, 3.63) is 30.1 Å². The fourth-order valence-electron chi connectivity index (χ4n) is 0.633. The number of H-pyrrole nitrogens is 1. The number of hydrogen-bond acceptors (Lipinski definition) is 0. The Hall–Kier alpha value is -0.980. The Morgan fingerprint density at radius 1 is 1.62 bits per heavy atom. The van der Waals surface area contributed by atoms with Crippen molar-refractivity contribution in [2.75, 3.05) is 0 Å². The lowest BCUT2D eigenvalue weighted by Crippen LogP contribution is -1.55. The molecule has 1 nitrogen and oxygen atoms in total. The Balaban J connectivity index is 2.77. The summed E-state index contributed by atoms with van der Waals surface area (Å²) in [5.74, 6) is 0. The molecule has 0 aromatic carbocycles. The van der Waals surface area contributed by atoms with Crippen molar-refractivity contribution in [2.45, 2.75) is 6.92 Å². The highest BCUT2D eigenvalue weighted by Gasteiger charge is 1.78. The molecule has 0 unspecified atom stereocenters. The molecule has 8 heavy (non-hydrogen) atoms. The van der Waals surface area contributed by atoms with Gasteiger partial charge in [0.05, 0.1) is 0 Å². The lowest BCUT2D eigenvalue weighted by atomic mass is 10.3. The summed E-state index contributed by atoms with van der Waals surface area (Å²) < 4.78 is 0. The summed E-state index contributed by atoms with van der Waals surface area (Å²) in [5.41, 5.74) is 1.23. The predicted octanol–water partition coefficient (Wildman–Crippen LogP) is 2.05. The molecule has 0 bridgehead atoms. The Bertz CT molecular complexity index is 161. The number of aromatic amines is 1. The zero-order valence-corrected chi connectivity index (χ0v) is 4.89. The van der Waals surface area contributed by atoms with Crippen LogP contribution in [0.1, 0.15) is 12.5 Å². The summed E-state index contributed by atoms with van der Waals surface area (Å²) in [7, 11) is 0. The van der Waals surface area contributed by atoms with Crippen LogP contribution in [0.15, 0.2) is 24.5 Å². The van der Waals surface area contributed by atoms with E-state index in [9.17, 15) is 0 Å². The third-order valence-corrected chi connectivity index (χ3v) is 0.981. The van der Waals surface area contributed by atoms with Gasteiger partial charge in [0.2, 0.25) is 0 Å². The third kappa shape index (κ3) is 0.997. The van der Waals surface area contributed by atoms with Crippen LogP contribution in [0.5, 0.6) is 0 Å². The second kappa shape index (κ2) is 2.36. The van der Waals surface area contributed by atoms with Crippen LogP contribution in [-0.2, 0) is 0 Å². The first-order chi connectivity index (χ1) is 3.93. The maximum Gasteiger partial charge on any atom is 0.00779 e. The fourth-order valence-corrected chi connectivity index (χ4v) is 0.633. The van der Waals surface area contributed by atoms with Crippen molar-refractivity contribution in [3.8, 4) is 0 Å². The van der Waals surface area contributed by atoms with Gasteiger partial charge in [-0.3, -0.25) is 0 Å². The summed E-state index contributed by atoms with van der Waals surface area (Å²) in [4.78, 5) is 2.96. The van der Waals surface area contributed by atoms with Crippen molar-refractivity contribution in [1.82, 2.24) is 4.98 Å². The lowest BCUT2D eigenvalue weighted by Gasteiger charge is -1.75. The first-order valence-corrected chi connectivity index (χ1v) is 2.69. The smallest absolute Gasteiger partial charge is 0.00779 e. The van der Waals surface area contributed by atoms with Gasteiger partial charge < -0.3 is 4.98 Å². The van der Waals surface area contributed by atoms with Crippen molar-refractivity contribution in [1.29, 1.82) is 0 Å². The van der Waals surface area contributed by atoms with E-state index in [1.165, 1.54) is 5.56 Å². The first kappa shape index (κ1) is 5.16. The molecule has 0 atom stereocenters. The second-order valence-corrected chi connectivity index (χ2v) is 1.64. The zero-order valence-electron chi connectivity index (χ0n) is 4.89. The molecule has 0 saturated carbocycles. The number of allylic oxidation sites excluding steroid dienone is 1. The molecule has 0 aliphatic carbocycles. The van der Waals surface area contributed by atoms with Gasteiger partial charge in [-0.25, -0.2) is 0 Å². The molecule has 1 aromatic heterocycles. The van der Waals surface area contributed by atoms with Gasteiger partial charge >= 0.3 is 0 Å². The minimum absolute atomic E-state index is 1.23. The monoisotopic (exact) mass is 107 g/mol. The van der Waals surface area contributed by atoms with Gasteiger partial charge in [0, 0.05) is 12.4 Å². The van der Waals surface area contributed by atoms with Crippen molar-refractivity contribution in [2.24, 2.45) is 0 Å². The van der Waals surface area contributed by atoms with Crippen LogP contribution in [0, 0.1) is 0 Å². The normalized spacial score (nSPS) is 10.6. The molecule has 1 rings (SSSR count). The van der Waals surface area contributed by atoms with Crippen LogP contribution in [0.25, 0.3) is 6.08 Å². The van der Waals surface area contributed by atoms with Crippen LogP contribution >= 0.6 is 0 Å². The van der Waals surface area contributed by atoms with E-state index in [2.05, 4.69) is 11.1 Å². The summed E-state index contributed by atoms with van der Waals surface area (Å²) >= 11 is 0. The van der Waals surface area contributed by atoms with Gasteiger partial charge in [0.15, 0.2) is 0 Å². The predicted molar refractivity (Wildman–Crippen MR) is 35.5 cm³/mol. The third-order valence-electron chi connectivity index (χ3n) is 0.981. The average molecular weight is 107 g/mol. The summed E-state index contributed by atoms with van der Waals surface area (Å²) in [6.45, 7) is 2.01. The highest BCUT2D eigenvalue weighted by Crippen LogP contribution is 1.97. The average Bonchev–Trinajstić information content (AvgIpc) is 2.19. The van der Waals surface area contributed by atoms with Crippen LogP contribution in [0.4, 0.5) is 0 Å². The molecule has 1 heterocycles. The zero-order chi connectivity index (χ0) is 5.82. The molecule has 0 spiro atoms.